The number of carbonyl (C=O) groups excluding carboxylic acids is 2. The standard InChI is InChI=1S/C22H17FN4O3/c1-27-11-10-22(30,21(27)29)9-8-13-4-2-5-14(12-13)20-25-17-15(6-3-7-16(17)23)18(26-20)19(24)28/h2-7,12,30H,10-11H2,1H3,(H2,24,28). The molecule has 3 N–H and O–H groups in total. The lowest BCUT2D eigenvalue weighted by molar-refractivity contribution is -0.137. The van der Waals surface area contributed by atoms with Gasteiger partial charge in [0.25, 0.3) is 11.8 Å². The number of hydrogen-bond donors (Lipinski definition) is 2. The lowest BCUT2D eigenvalue weighted by Crippen LogP contribution is -2.37. The molecule has 1 aliphatic heterocycles. The van der Waals surface area contributed by atoms with Gasteiger partial charge in [-0.05, 0) is 18.2 Å². The molecule has 0 radical (unpaired) electrons. The van der Waals surface area contributed by atoms with E-state index in [1.54, 1.807) is 31.3 Å². The first kappa shape index (κ1) is 19.5. The number of primary amides is 1. The van der Waals surface area contributed by atoms with Crippen LogP contribution in [0.3, 0.4) is 0 Å². The number of likely N-dealkylation sites (N-methyl/N-ethyl adjacent to an activating group) is 1. The lowest BCUT2D eigenvalue weighted by atomic mass is 10.0. The second kappa shape index (κ2) is 7.21. The maximum absolute atomic E-state index is 14.3. The zero-order valence-corrected chi connectivity index (χ0v) is 16.0. The van der Waals surface area contributed by atoms with Crippen LogP contribution >= 0.6 is 0 Å². The molecule has 0 bridgehead atoms. The molecule has 8 heteroatoms. The van der Waals surface area contributed by atoms with Gasteiger partial charge in [0, 0.05) is 36.5 Å². The van der Waals surface area contributed by atoms with Crippen molar-refractivity contribution in [2.75, 3.05) is 13.6 Å². The van der Waals surface area contributed by atoms with E-state index in [1.165, 1.54) is 23.1 Å². The average molecular weight is 404 g/mol. The number of para-hydroxylation sites is 1. The van der Waals surface area contributed by atoms with E-state index in [9.17, 15) is 19.1 Å². The normalized spacial score (nSPS) is 18.4. The number of halogens is 1. The summed E-state index contributed by atoms with van der Waals surface area (Å²) < 4.78 is 14.3. The fraction of sp³-hybridized carbons (Fsp3) is 0.182. The van der Waals surface area contributed by atoms with Crippen molar-refractivity contribution in [1.29, 1.82) is 0 Å². The van der Waals surface area contributed by atoms with E-state index in [0.717, 1.165) is 0 Å². The van der Waals surface area contributed by atoms with Crippen LogP contribution < -0.4 is 5.73 Å². The van der Waals surface area contributed by atoms with Crippen LogP contribution in [-0.2, 0) is 4.79 Å². The number of hydrogen-bond acceptors (Lipinski definition) is 5. The largest absolute Gasteiger partial charge is 0.369 e. The number of carbonyl (C=O) groups is 2. The van der Waals surface area contributed by atoms with Crippen LogP contribution in [0, 0.1) is 17.7 Å². The SMILES string of the molecule is CN1CCC(O)(C#Cc2cccc(-c3nc(C(N)=O)c4cccc(F)c4n3)c2)C1=O. The first-order valence-corrected chi connectivity index (χ1v) is 9.16. The molecule has 0 aliphatic carbocycles. The Balaban J connectivity index is 1.78. The predicted octanol–water partition coefficient (Wildman–Crippen LogP) is 1.48. The molecule has 30 heavy (non-hydrogen) atoms. The highest BCUT2D eigenvalue weighted by Gasteiger charge is 2.42. The Morgan fingerprint density at radius 3 is 2.73 bits per heavy atom. The van der Waals surface area contributed by atoms with Gasteiger partial charge in [-0.2, -0.15) is 0 Å². The van der Waals surface area contributed by atoms with Crippen molar-refractivity contribution < 1.29 is 19.1 Å². The van der Waals surface area contributed by atoms with Crippen molar-refractivity contribution >= 4 is 22.7 Å². The van der Waals surface area contributed by atoms with Crippen LogP contribution in [0.1, 0.15) is 22.5 Å². The maximum Gasteiger partial charge on any atom is 0.268 e. The van der Waals surface area contributed by atoms with Crippen LogP contribution in [0.5, 0.6) is 0 Å². The first-order valence-electron chi connectivity index (χ1n) is 9.16. The number of benzene rings is 2. The van der Waals surface area contributed by atoms with Crippen molar-refractivity contribution in [3.63, 3.8) is 0 Å². The average Bonchev–Trinajstić information content (AvgIpc) is 3.00. The number of fused-ring (bicyclic) bond motifs is 1. The summed E-state index contributed by atoms with van der Waals surface area (Å²) in [6.45, 7) is 0.427. The van der Waals surface area contributed by atoms with Gasteiger partial charge in [-0.3, -0.25) is 9.59 Å². The number of rotatable bonds is 2. The molecule has 2 heterocycles. The van der Waals surface area contributed by atoms with E-state index in [-0.39, 0.29) is 28.8 Å². The van der Waals surface area contributed by atoms with Crippen LogP contribution in [0.4, 0.5) is 4.39 Å². The zero-order chi connectivity index (χ0) is 21.5. The van der Waals surface area contributed by atoms with E-state index in [1.807, 2.05) is 0 Å². The second-order valence-electron chi connectivity index (χ2n) is 7.06. The van der Waals surface area contributed by atoms with Crippen molar-refractivity contribution in [2.45, 2.75) is 12.0 Å². The van der Waals surface area contributed by atoms with E-state index in [2.05, 4.69) is 21.8 Å². The minimum absolute atomic E-state index is 0.0123. The van der Waals surface area contributed by atoms with Gasteiger partial charge in [0.2, 0.25) is 5.60 Å². The van der Waals surface area contributed by atoms with Crippen LogP contribution in [0.25, 0.3) is 22.3 Å². The molecule has 0 saturated carbocycles. The zero-order valence-electron chi connectivity index (χ0n) is 16.0. The molecule has 0 spiro atoms. The summed E-state index contributed by atoms with van der Waals surface area (Å²) in [7, 11) is 1.61. The second-order valence-corrected chi connectivity index (χ2v) is 7.06. The Morgan fingerprint density at radius 2 is 2.03 bits per heavy atom. The fourth-order valence-corrected chi connectivity index (χ4v) is 3.32. The van der Waals surface area contributed by atoms with E-state index < -0.39 is 23.2 Å². The molecular weight excluding hydrogens is 387 g/mol. The van der Waals surface area contributed by atoms with Gasteiger partial charge in [-0.15, -0.1) is 0 Å². The Hall–Kier alpha value is -3.83. The summed E-state index contributed by atoms with van der Waals surface area (Å²) in [5, 5.41) is 10.7. The number of nitrogens with two attached hydrogens (primary N) is 1. The molecule has 1 unspecified atom stereocenters. The van der Waals surface area contributed by atoms with Crippen LogP contribution in [0.2, 0.25) is 0 Å². The molecule has 150 valence electrons. The topological polar surface area (TPSA) is 109 Å². The van der Waals surface area contributed by atoms with Crippen LogP contribution in [0.15, 0.2) is 42.5 Å². The monoisotopic (exact) mass is 404 g/mol. The summed E-state index contributed by atoms with van der Waals surface area (Å²) in [6, 6.07) is 10.9. The Bertz CT molecular complexity index is 1260. The Labute approximate surface area is 171 Å². The van der Waals surface area contributed by atoms with Crippen molar-refractivity contribution in [2.24, 2.45) is 5.73 Å². The van der Waals surface area contributed by atoms with Gasteiger partial charge in [0.05, 0.1) is 0 Å². The van der Waals surface area contributed by atoms with Gasteiger partial charge in [-0.1, -0.05) is 36.1 Å². The highest BCUT2D eigenvalue weighted by molar-refractivity contribution is 6.04. The summed E-state index contributed by atoms with van der Waals surface area (Å²) >= 11 is 0. The maximum atomic E-state index is 14.3. The fourth-order valence-electron chi connectivity index (χ4n) is 3.32. The summed E-state index contributed by atoms with van der Waals surface area (Å²) in [5.74, 6) is 3.73. The third-order valence-electron chi connectivity index (χ3n) is 4.95. The molecule has 1 atom stereocenters. The summed E-state index contributed by atoms with van der Waals surface area (Å²) in [6.07, 6.45) is 0.226. The molecule has 3 aromatic rings. The predicted molar refractivity (Wildman–Crippen MR) is 108 cm³/mol. The van der Waals surface area contributed by atoms with E-state index >= 15 is 0 Å². The number of likely N-dealkylation sites (tertiary alicyclic amines) is 1. The molecule has 1 saturated heterocycles. The molecule has 1 aliphatic rings. The number of nitrogens with zero attached hydrogens (tertiary/aromatic N) is 3. The molecule has 2 aromatic carbocycles. The van der Waals surface area contributed by atoms with Gasteiger partial charge in [-0.25, -0.2) is 14.4 Å². The minimum atomic E-state index is -1.72. The Morgan fingerprint density at radius 1 is 1.27 bits per heavy atom. The molecule has 4 rings (SSSR count). The third-order valence-corrected chi connectivity index (χ3v) is 4.95. The number of aliphatic hydroxyl groups is 1. The molecule has 7 nitrogen and oxygen atoms in total. The highest BCUT2D eigenvalue weighted by Crippen LogP contribution is 2.25. The molecular formula is C22H17FN4O3. The minimum Gasteiger partial charge on any atom is -0.369 e. The van der Waals surface area contributed by atoms with Crippen molar-refractivity contribution in [3.05, 3.63) is 59.5 Å². The third kappa shape index (κ3) is 3.36. The van der Waals surface area contributed by atoms with Crippen molar-refractivity contribution in [1.82, 2.24) is 14.9 Å². The van der Waals surface area contributed by atoms with Gasteiger partial charge < -0.3 is 15.7 Å². The van der Waals surface area contributed by atoms with Crippen LogP contribution in [-0.4, -0.2) is 51.0 Å². The van der Waals surface area contributed by atoms with Gasteiger partial charge >= 0.3 is 0 Å². The van der Waals surface area contributed by atoms with E-state index in [0.29, 0.717) is 17.7 Å². The first-order chi connectivity index (χ1) is 14.3. The molecule has 1 fully saturated rings. The lowest BCUT2D eigenvalue weighted by Gasteiger charge is -2.13. The highest BCUT2D eigenvalue weighted by atomic mass is 19.1. The number of amides is 2. The number of aromatic nitrogens is 2. The Kier molecular flexibility index (Phi) is 4.68. The quantitative estimate of drug-likeness (QED) is 0.629. The van der Waals surface area contributed by atoms with Crippen molar-refractivity contribution in [3.8, 4) is 23.2 Å². The molecule has 2 amide bonds. The molecule has 1 aromatic heterocycles. The van der Waals surface area contributed by atoms with E-state index in [4.69, 9.17) is 5.73 Å². The summed E-state index contributed by atoms with van der Waals surface area (Å²) in [4.78, 5) is 33.8. The summed E-state index contributed by atoms with van der Waals surface area (Å²) in [5.41, 5.74) is 4.60. The van der Waals surface area contributed by atoms with Gasteiger partial charge in [0.15, 0.2) is 5.82 Å². The smallest absolute Gasteiger partial charge is 0.268 e. The van der Waals surface area contributed by atoms with Gasteiger partial charge in [0.1, 0.15) is 17.0 Å².